The molecule has 0 radical (unpaired) electrons. The maximum atomic E-state index is 13.9. The SMILES string of the molecule is O=C(COc1ccc(Cl)c(F)c1)NCC[C@H](OC(=O)OCOC(=O)Cc1ccc(OP(=O)(O)O)cc1)C1(NC(=O)COc2ccc(Cl)c(F)c2)CCCCC1. The van der Waals surface area contributed by atoms with E-state index in [1.807, 2.05) is 0 Å². The summed E-state index contributed by atoms with van der Waals surface area (Å²) in [5.74, 6) is -3.47. The van der Waals surface area contributed by atoms with Gasteiger partial charge in [0, 0.05) is 25.1 Å². The standard InChI is InChI=1S/C35H37Cl2F2N2O13P/c36-26-10-8-24(17-28(26)38)49-19-31(42)40-15-12-30(35(13-2-1-3-14-35)41-32(43)20-50-25-9-11-27(37)29(39)18-25)53-34(45)52-21-51-33(44)16-22-4-6-23(7-5-22)54-55(46,47)48/h4-11,17-18,30H,1-3,12-16,19-21H2,(H,40,42)(H,41,43)(H2,46,47,48)/t30-/m0/s1. The van der Waals surface area contributed by atoms with E-state index in [9.17, 15) is 32.5 Å². The molecular formula is C35H37Cl2F2N2O13P. The lowest BCUT2D eigenvalue weighted by Gasteiger charge is -2.43. The van der Waals surface area contributed by atoms with Gasteiger partial charge < -0.3 is 38.8 Å². The van der Waals surface area contributed by atoms with Crippen molar-refractivity contribution in [2.45, 2.75) is 56.6 Å². The Labute approximate surface area is 323 Å². The van der Waals surface area contributed by atoms with Crippen LogP contribution in [-0.2, 0) is 39.6 Å². The van der Waals surface area contributed by atoms with Gasteiger partial charge in [-0.25, -0.2) is 18.1 Å². The number of esters is 1. The molecule has 1 aliphatic rings. The topological polar surface area (TPSA) is 205 Å². The molecule has 4 rings (SSSR count). The molecule has 1 saturated carbocycles. The normalized spacial score (nSPS) is 14.1. The molecule has 3 aromatic carbocycles. The molecule has 0 aliphatic heterocycles. The number of hydrogen-bond acceptors (Lipinski definition) is 11. The van der Waals surface area contributed by atoms with Gasteiger partial charge in [0.2, 0.25) is 6.79 Å². The minimum atomic E-state index is -4.76. The molecule has 1 fully saturated rings. The van der Waals surface area contributed by atoms with Crippen LogP contribution in [0.4, 0.5) is 13.6 Å². The van der Waals surface area contributed by atoms with E-state index in [2.05, 4.69) is 15.2 Å². The highest BCUT2D eigenvalue weighted by Gasteiger charge is 2.44. The minimum absolute atomic E-state index is 0.0263. The zero-order valence-corrected chi connectivity index (χ0v) is 31.4. The number of rotatable bonds is 18. The van der Waals surface area contributed by atoms with Crippen molar-refractivity contribution in [3.05, 3.63) is 87.9 Å². The Kier molecular flexibility index (Phi) is 15.9. The highest BCUT2D eigenvalue weighted by atomic mass is 35.5. The fourth-order valence-corrected chi connectivity index (χ4v) is 6.24. The summed E-state index contributed by atoms with van der Waals surface area (Å²) < 4.78 is 69.6. The summed E-state index contributed by atoms with van der Waals surface area (Å²) in [6, 6.07) is 12.6. The van der Waals surface area contributed by atoms with Crippen molar-refractivity contribution in [2.75, 3.05) is 26.6 Å². The molecule has 4 N–H and O–H groups in total. The Morgan fingerprint density at radius 3 is 1.93 bits per heavy atom. The number of phosphoric acid groups is 1. The molecule has 0 aromatic heterocycles. The second-order valence-electron chi connectivity index (χ2n) is 12.2. The van der Waals surface area contributed by atoms with Crippen LogP contribution in [0.2, 0.25) is 10.0 Å². The molecule has 1 atom stereocenters. The van der Waals surface area contributed by atoms with E-state index in [1.54, 1.807) is 0 Å². The van der Waals surface area contributed by atoms with Gasteiger partial charge in [-0.2, -0.15) is 0 Å². The van der Waals surface area contributed by atoms with E-state index in [0.29, 0.717) is 31.2 Å². The second kappa shape index (κ2) is 20.3. The van der Waals surface area contributed by atoms with Gasteiger partial charge in [0.25, 0.3) is 11.8 Å². The maximum absolute atomic E-state index is 13.9. The average molecular weight is 834 g/mol. The molecular weight excluding hydrogens is 796 g/mol. The van der Waals surface area contributed by atoms with Crippen LogP contribution in [0.5, 0.6) is 17.2 Å². The van der Waals surface area contributed by atoms with Crippen LogP contribution in [0.25, 0.3) is 0 Å². The predicted molar refractivity (Wildman–Crippen MR) is 191 cm³/mol. The fraction of sp³-hybridized carbons (Fsp3) is 0.371. The maximum Gasteiger partial charge on any atom is 0.524 e. The van der Waals surface area contributed by atoms with E-state index in [0.717, 1.165) is 18.6 Å². The first-order chi connectivity index (χ1) is 26.1. The van der Waals surface area contributed by atoms with E-state index >= 15 is 0 Å². The molecule has 20 heteroatoms. The van der Waals surface area contributed by atoms with E-state index in [-0.39, 0.29) is 46.7 Å². The number of carbonyl (C=O) groups is 4. The molecule has 298 valence electrons. The molecule has 15 nitrogen and oxygen atoms in total. The van der Waals surface area contributed by atoms with Gasteiger partial charge in [0.15, 0.2) is 13.2 Å². The summed E-state index contributed by atoms with van der Waals surface area (Å²) in [4.78, 5) is 68.9. The van der Waals surface area contributed by atoms with Crippen molar-refractivity contribution >= 4 is 55.0 Å². The highest BCUT2D eigenvalue weighted by molar-refractivity contribution is 7.46. The summed E-state index contributed by atoms with van der Waals surface area (Å²) >= 11 is 11.4. The largest absolute Gasteiger partial charge is 0.524 e. The number of halogens is 4. The Hall–Kier alpha value is -4.67. The van der Waals surface area contributed by atoms with Gasteiger partial charge in [-0.15, -0.1) is 0 Å². The first-order valence-electron chi connectivity index (χ1n) is 16.7. The van der Waals surface area contributed by atoms with Crippen LogP contribution in [0.3, 0.4) is 0 Å². The molecule has 0 unspecified atom stereocenters. The second-order valence-corrected chi connectivity index (χ2v) is 14.1. The van der Waals surface area contributed by atoms with Crippen molar-refractivity contribution in [3.8, 4) is 17.2 Å². The Morgan fingerprint density at radius 2 is 1.36 bits per heavy atom. The van der Waals surface area contributed by atoms with Crippen molar-refractivity contribution in [1.29, 1.82) is 0 Å². The third kappa shape index (κ3) is 14.5. The first-order valence-corrected chi connectivity index (χ1v) is 19.0. The molecule has 3 aromatic rings. The number of ether oxygens (including phenoxy) is 5. The molecule has 0 bridgehead atoms. The fourth-order valence-electron chi connectivity index (χ4n) is 5.61. The smallest absolute Gasteiger partial charge is 0.484 e. The lowest BCUT2D eigenvalue weighted by Crippen LogP contribution is -2.60. The highest BCUT2D eigenvalue weighted by Crippen LogP contribution is 2.37. The van der Waals surface area contributed by atoms with Crippen LogP contribution < -0.4 is 24.6 Å². The molecule has 0 saturated heterocycles. The number of hydrogen-bond donors (Lipinski definition) is 4. The van der Waals surface area contributed by atoms with Crippen LogP contribution in [0.15, 0.2) is 60.7 Å². The number of phosphoric ester groups is 1. The van der Waals surface area contributed by atoms with Gasteiger partial charge in [-0.1, -0.05) is 54.6 Å². The summed E-state index contributed by atoms with van der Waals surface area (Å²) in [6.45, 7) is -1.90. The van der Waals surface area contributed by atoms with Gasteiger partial charge in [0.05, 0.1) is 22.0 Å². The Morgan fingerprint density at radius 1 is 0.800 bits per heavy atom. The van der Waals surface area contributed by atoms with Crippen LogP contribution in [0, 0.1) is 11.6 Å². The molecule has 2 amide bonds. The average Bonchev–Trinajstić information content (AvgIpc) is 3.13. The van der Waals surface area contributed by atoms with E-state index in [4.69, 9.17) is 56.7 Å². The molecule has 55 heavy (non-hydrogen) atoms. The number of amides is 2. The van der Waals surface area contributed by atoms with E-state index in [1.165, 1.54) is 48.5 Å². The lowest BCUT2D eigenvalue weighted by atomic mass is 9.76. The summed E-state index contributed by atoms with van der Waals surface area (Å²) in [5.41, 5.74) is -0.754. The number of benzene rings is 3. The van der Waals surface area contributed by atoms with Gasteiger partial charge in [0.1, 0.15) is 35.0 Å². The van der Waals surface area contributed by atoms with E-state index < -0.39 is 75.0 Å². The van der Waals surface area contributed by atoms with Gasteiger partial charge in [-0.05, 0) is 54.8 Å². The Bertz CT molecular complexity index is 1860. The number of carbonyl (C=O) groups excluding carboxylic acids is 4. The molecule has 0 heterocycles. The summed E-state index contributed by atoms with van der Waals surface area (Å²) in [7, 11) is -4.76. The van der Waals surface area contributed by atoms with Crippen LogP contribution >= 0.6 is 31.0 Å². The summed E-state index contributed by atoms with van der Waals surface area (Å²) in [5, 5.41) is 5.30. The Balaban J connectivity index is 1.37. The minimum Gasteiger partial charge on any atom is -0.484 e. The number of nitrogens with one attached hydrogen (secondary N) is 2. The van der Waals surface area contributed by atoms with Crippen molar-refractivity contribution < 1.29 is 70.5 Å². The third-order valence-corrected chi connectivity index (χ3v) is 9.19. The van der Waals surface area contributed by atoms with Gasteiger partial charge in [-0.3, -0.25) is 24.2 Å². The van der Waals surface area contributed by atoms with Crippen LogP contribution in [-0.4, -0.2) is 71.9 Å². The van der Waals surface area contributed by atoms with Gasteiger partial charge >= 0.3 is 19.9 Å². The van der Waals surface area contributed by atoms with Crippen molar-refractivity contribution in [2.24, 2.45) is 0 Å². The predicted octanol–water partition coefficient (Wildman–Crippen LogP) is 5.79. The zero-order valence-electron chi connectivity index (χ0n) is 29.0. The van der Waals surface area contributed by atoms with Crippen LogP contribution in [0.1, 0.15) is 44.1 Å². The zero-order chi connectivity index (χ0) is 40.0. The summed E-state index contributed by atoms with van der Waals surface area (Å²) in [6.07, 6.45) is 0.174. The molecule has 0 spiro atoms. The van der Waals surface area contributed by atoms with Crippen molar-refractivity contribution in [1.82, 2.24) is 10.6 Å². The van der Waals surface area contributed by atoms with Crippen molar-refractivity contribution in [3.63, 3.8) is 0 Å². The monoisotopic (exact) mass is 832 g/mol. The molecule has 1 aliphatic carbocycles. The quantitative estimate of drug-likeness (QED) is 0.0682. The third-order valence-electron chi connectivity index (χ3n) is 8.13. The lowest BCUT2D eigenvalue weighted by molar-refractivity contribution is -0.154. The first kappa shape index (κ1) is 43.1.